The van der Waals surface area contributed by atoms with Gasteiger partial charge in [-0.05, 0) is 19.3 Å². The second-order valence-corrected chi connectivity index (χ2v) is 4.45. The minimum atomic E-state index is 0.320. The van der Waals surface area contributed by atoms with Crippen molar-refractivity contribution in [2.24, 2.45) is 5.84 Å². The van der Waals surface area contributed by atoms with Crippen molar-refractivity contribution in [2.75, 3.05) is 17.9 Å². The summed E-state index contributed by atoms with van der Waals surface area (Å²) in [5, 5.41) is 3.78. The number of hydrazine groups is 1. The molecule has 0 amide bonds. The summed E-state index contributed by atoms with van der Waals surface area (Å²) in [6, 6.07) is 0.331. The van der Waals surface area contributed by atoms with Crippen molar-refractivity contribution in [3.63, 3.8) is 0 Å². The minimum Gasteiger partial charge on any atom is -0.381 e. The maximum atomic E-state index is 6.01. The maximum absolute atomic E-state index is 6.01. The third-order valence-electron chi connectivity index (χ3n) is 2.93. The fraction of sp³-hybridized carbons (Fsp3) is 0.600. The van der Waals surface area contributed by atoms with Gasteiger partial charge in [-0.3, -0.25) is 5.43 Å². The number of hydrogen-bond donors (Lipinski definition) is 3. The summed E-state index contributed by atoms with van der Waals surface area (Å²) >= 11 is 6.01. The molecule has 1 aliphatic carbocycles. The predicted molar refractivity (Wildman–Crippen MR) is 66.9 cm³/mol. The maximum Gasteiger partial charge on any atom is 0.239 e. The summed E-state index contributed by atoms with van der Waals surface area (Å²) in [7, 11) is 1.74. The van der Waals surface area contributed by atoms with E-state index >= 15 is 0 Å². The molecular weight excluding hydrogens is 242 g/mol. The smallest absolute Gasteiger partial charge is 0.239 e. The molecule has 1 aromatic rings. The predicted octanol–water partition coefficient (Wildman–Crippen LogP) is 1.40. The number of aromatic nitrogens is 2. The molecule has 94 valence electrons. The van der Waals surface area contributed by atoms with E-state index < -0.39 is 0 Å². The number of nitrogens with one attached hydrogen (secondary N) is 2. The molecule has 1 aromatic heterocycles. The molecule has 0 aliphatic heterocycles. The lowest BCUT2D eigenvalue weighted by atomic mass is 10.2. The van der Waals surface area contributed by atoms with Gasteiger partial charge in [-0.1, -0.05) is 11.6 Å². The first-order valence-electron chi connectivity index (χ1n) is 5.51. The fourth-order valence-electron chi connectivity index (χ4n) is 2.02. The SMILES string of the molecule is COC1CCC(Nc2nc(NN)ncc2Cl)C1. The molecule has 0 spiro atoms. The lowest BCUT2D eigenvalue weighted by molar-refractivity contribution is 0.108. The zero-order valence-corrected chi connectivity index (χ0v) is 10.4. The van der Waals surface area contributed by atoms with E-state index in [-0.39, 0.29) is 0 Å². The van der Waals surface area contributed by atoms with Crippen LogP contribution in [0.1, 0.15) is 19.3 Å². The van der Waals surface area contributed by atoms with Gasteiger partial charge in [0, 0.05) is 13.2 Å². The Labute approximate surface area is 105 Å². The number of hydrogen-bond acceptors (Lipinski definition) is 6. The van der Waals surface area contributed by atoms with Crippen LogP contribution in [-0.2, 0) is 4.74 Å². The highest BCUT2D eigenvalue weighted by Crippen LogP contribution is 2.27. The second-order valence-electron chi connectivity index (χ2n) is 4.05. The zero-order chi connectivity index (χ0) is 12.3. The minimum absolute atomic E-state index is 0.320. The Morgan fingerprint density at radius 3 is 3.00 bits per heavy atom. The number of nitrogens with zero attached hydrogens (tertiary/aromatic N) is 2. The quantitative estimate of drug-likeness (QED) is 0.558. The lowest BCUT2D eigenvalue weighted by Gasteiger charge is -2.14. The number of nitrogens with two attached hydrogens (primary N) is 1. The average molecular weight is 258 g/mol. The highest BCUT2D eigenvalue weighted by atomic mass is 35.5. The Kier molecular flexibility index (Phi) is 3.98. The van der Waals surface area contributed by atoms with Crippen molar-refractivity contribution in [1.29, 1.82) is 0 Å². The highest BCUT2D eigenvalue weighted by molar-refractivity contribution is 6.32. The van der Waals surface area contributed by atoms with Crippen molar-refractivity contribution in [3.8, 4) is 0 Å². The second kappa shape index (κ2) is 5.48. The summed E-state index contributed by atoms with van der Waals surface area (Å²) in [6.07, 6.45) is 4.90. The Balaban J connectivity index is 2.03. The number of anilines is 2. The topological polar surface area (TPSA) is 85.1 Å². The summed E-state index contributed by atoms with van der Waals surface area (Å²) in [5.41, 5.74) is 2.39. The molecule has 1 saturated carbocycles. The normalized spacial score (nSPS) is 23.7. The van der Waals surface area contributed by atoms with Crippen LogP contribution in [0.5, 0.6) is 0 Å². The van der Waals surface area contributed by atoms with Gasteiger partial charge in [-0.25, -0.2) is 10.8 Å². The van der Waals surface area contributed by atoms with Crippen molar-refractivity contribution in [1.82, 2.24) is 9.97 Å². The van der Waals surface area contributed by atoms with E-state index in [9.17, 15) is 0 Å². The Morgan fingerprint density at radius 1 is 1.53 bits per heavy atom. The molecule has 2 rings (SSSR count). The summed E-state index contributed by atoms with van der Waals surface area (Å²) in [4.78, 5) is 8.09. The van der Waals surface area contributed by atoms with E-state index in [0.29, 0.717) is 28.9 Å². The largest absolute Gasteiger partial charge is 0.381 e. The van der Waals surface area contributed by atoms with Gasteiger partial charge in [0.25, 0.3) is 0 Å². The van der Waals surface area contributed by atoms with Gasteiger partial charge in [0.05, 0.1) is 12.3 Å². The lowest BCUT2D eigenvalue weighted by Crippen LogP contribution is -2.19. The molecule has 1 aliphatic rings. The van der Waals surface area contributed by atoms with Crippen LogP contribution in [-0.4, -0.2) is 29.2 Å². The van der Waals surface area contributed by atoms with Crippen molar-refractivity contribution >= 4 is 23.4 Å². The van der Waals surface area contributed by atoms with Gasteiger partial charge in [0.2, 0.25) is 5.95 Å². The number of methoxy groups -OCH3 is 1. The molecular formula is C10H16ClN5O. The Morgan fingerprint density at radius 2 is 2.35 bits per heavy atom. The molecule has 0 aromatic carbocycles. The first kappa shape index (κ1) is 12.3. The van der Waals surface area contributed by atoms with Crippen LogP contribution < -0.4 is 16.6 Å². The van der Waals surface area contributed by atoms with Gasteiger partial charge in [0.1, 0.15) is 5.02 Å². The van der Waals surface area contributed by atoms with E-state index in [4.69, 9.17) is 22.2 Å². The third kappa shape index (κ3) is 2.96. The zero-order valence-electron chi connectivity index (χ0n) is 9.61. The molecule has 2 unspecified atom stereocenters. The molecule has 0 saturated heterocycles. The van der Waals surface area contributed by atoms with Gasteiger partial charge in [-0.2, -0.15) is 4.98 Å². The van der Waals surface area contributed by atoms with Gasteiger partial charge < -0.3 is 10.1 Å². The molecule has 4 N–H and O–H groups in total. The Bertz CT molecular complexity index is 389. The van der Waals surface area contributed by atoms with Crippen LogP contribution in [0.15, 0.2) is 6.20 Å². The summed E-state index contributed by atoms with van der Waals surface area (Å²) in [5.74, 6) is 6.21. The number of halogens is 1. The molecule has 0 bridgehead atoms. The van der Waals surface area contributed by atoms with Gasteiger partial charge in [-0.15, -0.1) is 0 Å². The Hall–Kier alpha value is -1.11. The number of nitrogen functional groups attached to an aromatic ring is 1. The molecule has 7 heteroatoms. The van der Waals surface area contributed by atoms with Crippen LogP contribution >= 0.6 is 11.6 Å². The van der Waals surface area contributed by atoms with E-state index in [2.05, 4.69) is 20.7 Å². The number of rotatable bonds is 4. The van der Waals surface area contributed by atoms with Gasteiger partial charge >= 0.3 is 0 Å². The van der Waals surface area contributed by atoms with Crippen LogP contribution in [0.25, 0.3) is 0 Å². The van der Waals surface area contributed by atoms with E-state index in [1.165, 1.54) is 6.20 Å². The standard InChI is InChI=1S/C10H16ClN5O/c1-17-7-3-2-6(4-7)14-9-8(11)5-13-10(15-9)16-12/h5-7H,2-4,12H2,1H3,(H2,13,14,15,16). The summed E-state index contributed by atoms with van der Waals surface area (Å²) in [6.45, 7) is 0. The average Bonchev–Trinajstić information content (AvgIpc) is 2.80. The van der Waals surface area contributed by atoms with E-state index in [0.717, 1.165) is 19.3 Å². The van der Waals surface area contributed by atoms with Crippen molar-refractivity contribution < 1.29 is 4.74 Å². The molecule has 6 nitrogen and oxygen atoms in total. The first-order chi connectivity index (χ1) is 8.22. The highest BCUT2D eigenvalue weighted by Gasteiger charge is 2.25. The molecule has 0 radical (unpaired) electrons. The molecule has 17 heavy (non-hydrogen) atoms. The van der Waals surface area contributed by atoms with Crippen LogP contribution in [0, 0.1) is 0 Å². The molecule has 2 atom stereocenters. The van der Waals surface area contributed by atoms with Crippen LogP contribution in [0.3, 0.4) is 0 Å². The van der Waals surface area contributed by atoms with Crippen molar-refractivity contribution in [3.05, 3.63) is 11.2 Å². The summed E-state index contributed by atoms with van der Waals surface area (Å²) < 4.78 is 5.32. The van der Waals surface area contributed by atoms with E-state index in [1.807, 2.05) is 0 Å². The number of ether oxygens (including phenoxy) is 1. The monoisotopic (exact) mass is 257 g/mol. The van der Waals surface area contributed by atoms with E-state index in [1.54, 1.807) is 7.11 Å². The molecule has 1 fully saturated rings. The van der Waals surface area contributed by atoms with Crippen LogP contribution in [0.2, 0.25) is 5.02 Å². The third-order valence-corrected chi connectivity index (χ3v) is 3.21. The van der Waals surface area contributed by atoms with Crippen LogP contribution in [0.4, 0.5) is 11.8 Å². The fourth-order valence-corrected chi connectivity index (χ4v) is 2.16. The van der Waals surface area contributed by atoms with Gasteiger partial charge in [0.15, 0.2) is 5.82 Å². The molecule has 1 heterocycles. The van der Waals surface area contributed by atoms with Crippen molar-refractivity contribution in [2.45, 2.75) is 31.4 Å². The first-order valence-corrected chi connectivity index (χ1v) is 5.89.